The summed E-state index contributed by atoms with van der Waals surface area (Å²) in [4.78, 5) is 5.49. The fourth-order valence-corrected chi connectivity index (χ4v) is 2.45. The monoisotopic (exact) mass is 265 g/mol. The van der Waals surface area contributed by atoms with Crippen molar-refractivity contribution in [1.82, 2.24) is 4.98 Å². The van der Waals surface area contributed by atoms with Gasteiger partial charge >= 0.3 is 0 Å². The van der Waals surface area contributed by atoms with Crippen LogP contribution >= 0.6 is 11.3 Å². The zero-order valence-corrected chi connectivity index (χ0v) is 11.3. The first kappa shape index (κ1) is 12.7. The Kier molecular flexibility index (Phi) is 3.69. The van der Waals surface area contributed by atoms with E-state index in [4.69, 9.17) is 15.3 Å². The fourth-order valence-electron chi connectivity index (χ4n) is 1.71. The van der Waals surface area contributed by atoms with Crippen molar-refractivity contribution < 1.29 is 9.47 Å². The Bertz CT molecular complexity index is 554. The Morgan fingerprint density at radius 2 is 2.06 bits per heavy atom. The van der Waals surface area contributed by atoms with Crippen LogP contribution in [0.1, 0.15) is 4.88 Å². The molecule has 96 valence electrons. The van der Waals surface area contributed by atoms with E-state index in [0.29, 0.717) is 5.13 Å². The molecule has 0 aliphatic carbocycles. The molecule has 0 fully saturated rings. The number of nitrogens with two attached hydrogens (primary N) is 1. The molecule has 5 nitrogen and oxygen atoms in total. The van der Waals surface area contributed by atoms with Crippen LogP contribution in [-0.2, 0) is 0 Å². The van der Waals surface area contributed by atoms with Gasteiger partial charge in [-0.15, -0.1) is 11.3 Å². The number of thiazole rings is 1. The summed E-state index contributed by atoms with van der Waals surface area (Å²) in [6, 6.07) is 5.62. The van der Waals surface area contributed by atoms with Crippen LogP contribution in [-0.4, -0.2) is 19.2 Å². The van der Waals surface area contributed by atoms with Crippen LogP contribution in [0.5, 0.6) is 11.5 Å². The Labute approximate surface area is 110 Å². The molecule has 2 rings (SSSR count). The summed E-state index contributed by atoms with van der Waals surface area (Å²) in [5.41, 5.74) is 4.31. The van der Waals surface area contributed by atoms with Gasteiger partial charge in [0.1, 0.15) is 11.5 Å². The van der Waals surface area contributed by atoms with Crippen molar-refractivity contribution in [2.24, 2.45) is 5.84 Å². The number of nitrogens with zero attached hydrogens (tertiary/aromatic N) is 1. The number of methoxy groups -OCH3 is 2. The van der Waals surface area contributed by atoms with Crippen LogP contribution < -0.4 is 20.7 Å². The minimum Gasteiger partial charge on any atom is -0.497 e. The molecule has 0 spiro atoms. The number of aromatic nitrogens is 1. The first-order valence-corrected chi connectivity index (χ1v) is 6.17. The molecule has 18 heavy (non-hydrogen) atoms. The van der Waals surface area contributed by atoms with Gasteiger partial charge in [0.2, 0.25) is 0 Å². The quantitative estimate of drug-likeness (QED) is 0.656. The summed E-state index contributed by atoms with van der Waals surface area (Å²) < 4.78 is 10.6. The topological polar surface area (TPSA) is 69.4 Å². The number of hydrogen-bond acceptors (Lipinski definition) is 6. The third-order valence-electron chi connectivity index (χ3n) is 2.58. The van der Waals surface area contributed by atoms with Gasteiger partial charge in [-0.1, -0.05) is 0 Å². The van der Waals surface area contributed by atoms with E-state index in [1.807, 2.05) is 25.1 Å². The molecule has 0 aliphatic rings. The Hall–Kier alpha value is -1.79. The van der Waals surface area contributed by atoms with Gasteiger partial charge in [-0.25, -0.2) is 10.8 Å². The fraction of sp³-hybridized carbons (Fsp3) is 0.250. The van der Waals surface area contributed by atoms with E-state index in [1.165, 1.54) is 11.3 Å². The van der Waals surface area contributed by atoms with E-state index in [0.717, 1.165) is 27.6 Å². The molecule has 3 N–H and O–H groups in total. The third kappa shape index (κ3) is 2.25. The molecular formula is C12H15N3O2S. The Balaban J connectivity index is 2.56. The van der Waals surface area contributed by atoms with Gasteiger partial charge < -0.3 is 9.47 Å². The number of nitrogen functional groups attached to an aromatic ring is 1. The second-order valence-corrected chi connectivity index (χ2v) is 4.84. The highest BCUT2D eigenvalue weighted by Crippen LogP contribution is 2.37. The first-order valence-electron chi connectivity index (χ1n) is 5.36. The van der Waals surface area contributed by atoms with Crippen molar-refractivity contribution in [3.63, 3.8) is 0 Å². The summed E-state index contributed by atoms with van der Waals surface area (Å²) in [5, 5.41) is 0.673. The lowest BCUT2D eigenvalue weighted by atomic mass is 10.1. The van der Waals surface area contributed by atoms with Gasteiger partial charge in [-0.2, -0.15) is 0 Å². The standard InChI is InChI=1S/C12H15N3O2S/c1-7-11(14-12(15-13)18-7)9-6-8(16-2)4-5-10(9)17-3/h4-6H,13H2,1-3H3,(H,14,15). The zero-order chi connectivity index (χ0) is 13.1. The SMILES string of the molecule is COc1ccc(OC)c(-c2nc(NN)sc2C)c1. The maximum absolute atomic E-state index is 5.38. The maximum atomic E-state index is 5.38. The maximum Gasteiger partial charge on any atom is 0.197 e. The molecule has 1 aromatic heterocycles. The van der Waals surface area contributed by atoms with Gasteiger partial charge in [-0.05, 0) is 25.1 Å². The van der Waals surface area contributed by atoms with Crippen molar-refractivity contribution >= 4 is 16.5 Å². The number of ether oxygens (including phenoxy) is 2. The molecule has 0 amide bonds. The highest BCUT2D eigenvalue weighted by molar-refractivity contribution is 7.15. The van der Waals surface area contributed by atoms with Crippen LogP contribution in [0.15, 0.2) is 18.2 Å². The molecule has 0 radical (unpaired) electrons. The van der Waals surface area contributed by atoms with Gasteiger partial charge in [0, 0.05) is 10.4 Å². The van der Waals surface area contributed by atoms with E-state index in [-0.39, 0.29) is 0 Å². The first-order chi connectivity index (χ1) is 8.69. The second kappa shape index (κ2) is 5.24. The minimum atomic E-state index is 0.673. The van der Waals surface area contributed by atoms with E-state index in [2.05, 4.69) is 10.4 Å². The van der Waals surface area contributed by atoms with Gasteiger partial charge in [0.25, 0.3) is 0 Å². The average molecular weight is 265 g/mol. The van der Waals surface area contributed by atoms with E-state index in [1.54, 1.807) is 14.2 Å². The van der Waals surface area contributed by atoms with Gasteiger partial charge in [0.05, 0.1) is 19.9 Å². The lowest BCUT2D eigenvalue weighted by Gasteiger charge is -2.09. The highest BCUT2D eigenvalue weighted by Gasteiger charge is 2.14. The predicted octanol–water partition coefficient (Wildman–Crippen LogP) is 2.42. The van der Waals surface area contributed by atoms with E-state index >= 15 is 0 Å². The zero-order valence-electron chi connectivity index (χ0n) is 10.5. The van der Waals surface area contributed by atoms with E-state index in [9.17, 15) is 0 Å². The summed E-state index contributed by atoms with van der Waals surface area (Å²) in [5.74, 6) is 6.90. The molecular weight excluding hydrogens is 250 g/mol. The summed E-state index contributed by atoms with van der Waals surface area (Å²) in [6.07, 6.45) is 0. The second-order valence-electron chi connectivity index (χ2n) is 3.63. The molecule has 0 bridgehead atoms. The molecule has 0 atom stereocenters. The van der Waals surface area contributed by atoms with Crippen LogP contribution in [0.4, 0.5) is 5.13 Å². The summed E-state index contributed by atoms with van der Waals surface area (Å²) in [6.45, 7) is 1.99. The highest BCUT2D eigenvalue weighted by atomic mass is 32.1. The van der Waals surface area contributed by atoms with Crippen LogP contribution in [0.2, 0.25) is 0 Å². The Morgan fingerprint density at radius 1 is 1.28 bits per heavy atom. The molecule has 1 heterocycles. The predicted molar refractivity (Wildman–Crippen MR) is 73.2 cm³/mol. The van der Waals surface area contributed by atoms with Crippen LogP contribution in [0.25, 0.3) is 11.3 Å². The van der Waals surface area contributed by atoms with Gasteiger partial charge in [0.15, 0.2) is 5.13 Å². The molecule has 0 unspecified atom stereocenters. The summed E-state index contributed by atoms with van der Waals surface area (Å²) in [7, 11) is 3.27. The van der Waals surface area contributed by atoms with Crippen molar-refractivity contribution in [2.45, 2.75) is 6.92 Å². The van der Waals surface area contributed by atoms with Crippen LogP contribution in [0, 0.1) is 6.92 Å². The van der Waals surface area contributed by atoms with Gasteiger partial charge in [-0.3, -0.25) is 5.43 Å². The lowest BCUT2D eigenvalue weighted by Crippen LogP contribution is -2.05. The smallest absolute Gasteiger partial charge is 0.197 e. The van der Waals surface area contributed by atoms with Crippen molar-refractivity contribution in [3.05, 3.63) is 23.1 Å². The minimum absolute atomic E-state index is 0.673. The average Bonchev–Trinajstić information content (AvgIpc) is 2.79. The number of rotatable bonds is 4. The molecule has 0 saturated heterocycles. The van der Waals surface area contributed by atoms with Crippen molar-refractivity contribution in [1.29, 1.82) is 0 Å². The lowest BCUT2D eigenvalue weighted by molar-refractivity contribution is 0.404. The Morgan fingerprint density at radius 3 is 2.61 bits per heavy atom. The third-order valence-corrected chi connectivity index (χ3v) is 3.48. The normalized spacial score (nSPS) is 10.2. The molecule has 0 saturated carbocycles. The molecule has 0 aliphatic heterocycles. The van der Waals surface area contributed by atoms with Crippen molar-refractivity contribution in [3.8, 4) is 22.8 Å². The number of nitrogens with one attached hydrogen (secondary N) is 1. The number of aryl methyl sites for hydroxylation is 1. The number of hydrogen-bond donors (Lipinski definition) is 2. The molecule has 6 heteroatoms. The number of benzene rings is 1. The number of hydrazine groups is 1. The molecule has 1 aromatic carbocycles. The molecule has 2 aromatic rings. The van der Waals surface area contributed by atoms with E-state index < -0.39 is 0 Å². The van der Waals surface area contributed by atoms with Crippen molar-refractivity contribution in [2.75, 3.05) is 19.6 Å². The largest absolute Gasteiger partial charge is 0.497 e. The number of anilines is 1. The van der Waals surface area contributed by atoms with Crippen LogP contribution in [0.3, 0.4) is 0 Å². The summed E-state index contributed by atoms with van der Waals surface area (Å²) >= 11 is 1.50.